The first-order chi connectivity index (χ1) is 9.27. The second kappa shape index (κ2) is 4.82. The molecule has 0 saturated carbocycles. The van der Waals surface area contributed by atoms with Gasteiger partial charge in [-0.2, -0.15) is 0 Å². The van der Waals surface area contributed by atoms with Crippen LogP contribution in [-0.2, 0) is 18.8 Å². The Morgan fingerprint density at radius 2 is 1.55 bits per heavy atom. The van der Waals surface area contributed by atoms with Crippen LogP contribution < -0.4 is 0 Å². The fourth-order valence-electron chi connectivity index (χ4n) is 3.50. The van der Waals surface area contributed by atoms with Gasteiger partial charge in [-0.15, -0.1) is 0 Å². The van der Waals surface area contributed by atoms with Gasteiger partial charge in [-0.25, -0.2) is 0 Å². The summed E-state index contributed by atoms with van der Waals surface area (Å²) < 4.78 is 17.6. The lowest BCUT2D eigenvalue weighted by atomic mass is 9.76. The smallest absolute Gasteiger partial charge is 0.403 e. The monoisotopic (exact) mass is 280 g/mol. The van der Waals surface area contributed by atoms with Crippen molar-refractivity contribution in [3.05, 3.63) is 0 Å². The molecule has 4 nitrogen and oxygen atoms in total. The predicted molar refractivity (Wildman–Crippen MR) is 76.5 cm³/mol. The summed E-state index contributed by atoms with van der Waals surface area (Å²) in [4.78, 5) is 12.5. The molecule has 3 saturated heterocycles. The number of ketones is 1. The molecule has 0 radical (unpaired) electrons. The number of Topliss-reactive ketones (excluding diaryl/α,β-unsaturated/α-hetero) is 1. The first-order valence-corrected chi connectivity index (χ1v) is 7.81. The Kier molecular flexibility index (Phi) is 3.51. The molecule has 0 aromatic carbocycles. The largest absolute Gasteiger partial charge is 0.465 e. The SMILES string of the molecule is CC1(C)OB(CC(=O)C2CC3CCC(C2)O3)OC1(C)C. The lowest BCUT2D eigenvalue weighted by Gasteiger charge is -2.32. The van der Waals surface area contributed by atoms with Gasteiger partial charge in [0.25, 0.3) is 0 Å². The molecular weight excluding hydrogens is 255 g/mol. The molecule has 5 heteroatoms. The van der Waals surface area contributed by atoms with E-state index in [4.69, 9.17) is 14.0 Å². The van der Waals surface area contributed by atoms with E-state index < -0.39 is 7.12 Å². The van der Waals surface area contributed by atoms with Crippen LogP contribution in [0.15, 0.2) is 0 Å². The summed E-state index contributed by atoms with van der Waals surface area (Å²) in [5.74, 6) is 0.420. The Bertz CT molecular complexity index is 379. The van der Waals surface area contributed by atoms with Crippen LogP contribution in [0, 0.1) is 5.92 Å². The van der Waals surface area contributed by atoms with E-state index in [1.807, 2.05) is 27.7 Å². The zero-order chi connectivity index (χ0) is 14.5. The van der Waals surface area contributed by atoms with Crippen LogP contribution in [-0.4, -0.2) is 36.3 Å². The highest BCUT2D eigenvalue weighted by molar-refractivity contribution is 6.50. The molecule has 0 aromatic heterocycles. The second-order valence-electron chi connectivity index (χ2n) is 7.48. The highest BCUT2D eigenvalue weighted by Crippen LogP contribution is 2.40. The minimum absolute atomic E-state index is 0.139. The Morgan fingerprint density at radius 3 is 2.05 bits per heavy atom. The minimum Gasteiger partial charge on any atom is -0.403 e. The molecule has 112 valence electrons. The molecular formula is C15H25BO4. The van der Waals surface area contributed by atoms with Crippen LogP contribution in [0.1, 0.15) is 53.4 Å². The molecule has 0 N–H and O–H groups in total. The lowest BCUT2D eigenvalue weighted by molar-refractivity contribution is -0.126. The third-order valence-electron chi connectivity index (χ3n) is 5.42. The maximum atomic E-state index is 12.5. The molecule has 20 heavy (non-hydrogen) atoms. The zero-order valence-corrected chi connectivity index (χ0v) is 13.0. The van der Waals surface area contributed by atoms with E-state index in [0.717, 1.165) is 25.7 Å². The van der Waals surface area contributed by atoms with Gasteiger partial charge in [-0.05, 0) is 53.4 Å². The maximum absolute atomic E-state index is 12.5. The van der Waals surface area contributed by atoms with E-state index in [2.05, 4.69) is 0 Å². The van der Waals surface area contributed by atoms with Crippen LogP contribution in [0.4, 0.5) is 0 Å². The zero-order valence-electron chi connectivity index (χ0n) is 13.0. The third-order valence-corrected chi connectivity index (χ3v) is 5.42. The summed E-state index contributed by atoms with van der Waals surface area (Å²) in [6, 6.07) is 0. The topological polar surface area (TPSA) is 44.8 Å². The normalized spacial score (nSPS) is 38.2. The summed E-state index contributed by atoms with van der Waals surface area (Å²) in [5, 5.41) is 0. The van der Waals surface area contributed by atoms with E-state index in [0.29, 0.717) is 18.5 Å². The average Bonchev–Trinajstić information content (AvgIpc) is 2.75. The van der Waals surface area contributed by atoms with Crippen LogP contribution in [0.2, 0.25) is 6.32 Å². The van der Waals surface area contributed by atoms with Crippen molar-refractivity contribution in [2.45, 2.75) is 83.1 Å². The second-order valence-corrected chi connectivity index (χ2v) is 7.48. The van der Waals surface area contributed by atoms with Crippen LogP contribution in [0.25, 0.3) is 0 Å². The Labute approximate surface area is 121 Å². The van der Waals surface area contributed by atoms with Gasteiger partial charge in [0.05, 0.1) is 23.4 Å². The summed E-state index contributed by atoms with van der Waals surface area (Å²) in [5.41, 5.74) is -0.709. The van der Waals surface area contributed by atoms with Crippen molar-refractivity contribution < 1.29 is 18.8 Å². The van der Waals surface area contributed by atoms with E-state index >= 15 is 0 Å². The minimum atomic E-state index is -0.395. The molecule has 0 amide bonds. The summed E-state index contributed by atoms with van der Waals surface area (Å²) >= 11 is 0. The quantitative estimate of drug-likeness (QED) is 0.745. The Balaban J connectivity index is 1.58. The van der Waals surface area contributed by atoms with Crippen LogP contribution in [0.3, 0.4) is 0 Å². The molecule has 0 aromatic rings. The average molecular weight is 280 g/mol. The number of hydrogen-bond donors (Lipinski definition) is 0. The molecule has 0 spiro atoms. The molecule has 3 aliphatic rings. The van der Waals surface area contributed by atoms with Gasteiger partial charge in [0.15, 0.2) is 0 Å². The van der Waals surface area contributed by atoms with Crippen LogP contribution in [0.5, 0.6) is 0 Å². The highest BCUT2D eigenvalue weighted by Gasteiger charge is 2.52. The first-order valence-electron chi connectivity index (χ1n) is 7.81. The van der Waals surface area contributed by atoms with Crippen molar-refractivity contribution in [2.75, 3.05) is 0 Å². The number of carbonyl (C=O) groups is 1. The fourth-order valence-corrected chi connectivity index (χ4v) is 3.50. The predicted octanol–water partition coefficient (Wildman–Crippen LogP) is 2.61. The van der Waals surface area contributed by atoms with E-state index in [1.165, 1.54) is 0 Å². The molecule has 3 aliphatic heterocycles. The summed E-state index contributed by atoms with van der Waals surface area (Å²) in [7, 11) is -0.395. The molecule has 0 aliphatic carbocycles. The van der Waals surface area contributed by atoms with Crippen molar-refractivity contribution in [2.24, 2.45) is 5.92 Å². The third kappa shape index (κ3) is 2.56. The van der Waals surface area contributed by atoms with Crippen molar-refractivity contribution in [3.63, 3.8) is 0 Å². The lowest BCUT2D eigenvalue weighted by Crippen LogP contribution is -2.41. The number of ether oxygens (including phenoxy) is 1. The van der Waals surface area contributed by atoms with Crippen LogP contribution >= 0.6 is 0 Å². The molecule has 2 atom stereocenters. The summed E-state index contributed by atoms with van der Waals surface area (Å²) in [6.45, 7) is 8.08. The van der Waals surface area contributed by atoms with Gasteiger partial charge in [-0.1, -0.05) is 0 Å². The molecule has 3 heterocycles. The van der Waals surface area contributed by atoms with Gasteiger partial charge in [0.1, 0.15) is 5.78 Å². The molecule has 3 rings (SSSR count). The van der Waals surface area contributed by atoms with E-state index in [-0.39, 0.29) is 22.9 Å². The van der Waals surface area contributed by atoms with Crippen molar-refractivity contribution in [3.8, 4) is 0 Å². The molecule has 3 fully saturated rings. The van der Waals surface area contributed by atoms with E-state index in [1.54, 1.807) is 0 Å². The van der Waals surface area contributed by atoms with Crippen molar-refractivity contribution in [1.29, 1.82) is 0 Å². The maximum Gasteiger partial charge on any atom is 0.465 e. The van der Waals surface area contributed by atoms with Gasteiger partial charge in [0, 0.05) is 12.2 Å². The highest BCUT2D eigenvalue weighted by atomic mass is 16.7. The number of fused-ring (bicyclic) bond motifs is 2. The number of carbonyl (C=O) groups excluding carboxylic acids is 1. The molecule has 2 bridgehead atoms. The van der Waals surface area contributed by atoms with Crippen molar-refractivity contribution >= 4 is 12.9 Å². The number of hydrogen-bond acceptors (Lipinski definition) is 4. The standard InChI is InChI=1S/C15H25BO4/c1-14(2)15(3,4)20-16(19-14)9-13(17)10-7-11-5-6-12(8-10)18-11/h10-12H,5-9H2,1-4H3. The van der Waals surface area contributed by atoms with Gasteiger partial charge in [0.2, 0.25) is 0 Å². The fraction of sp³-hybridized carbons (Fsp3) is 0.933. The Morgan fingerprint density at radius 1 is 1.05 bits per heavy atom. The number of rotatable bonds is 3. The van der Waals surface area contributed by atoms with E-state index in [9.17, 15) is 4.79 Å². The molecule has 2 unspecified atom stereocenters. The van der Waals surface area contributed by atoms with Gasteiger partial charge >= 0.3 is 7.12 Å². The van der Waals surface area contributed by atoms with Gasteiger partial charge < -0.3 is 14.0 Å². The first kappa shape index (κ1) is 14.5. The van der Waals surface area contributed by atoms with Crippen molar-refractivity contribution in [1.82, 2.24) is 0 Å². The van der Waals surface area contributed by atoms with Gasteiger partial charge in [-0.3, -0.25) is 4.79 Å². The summed E-state index contributed by atoms with van der Waals surface area (Å²) in [6.07, 6.45) is 4.98. The Hall–Kier alpha value is -0.385.